The van der Waals surface area contributed by atoms with Crippen molar-refractivity contribution in [3.63, 3.8) is 0 Å². The van der Waals surface area contributed by atoms with Gasteiger partial charge in [-0.05, 0) is 66.7 Å². The Balaban J connectivity index is 1.47. The molecular formula is C20H28N2O3S. The summed E-state index contributed by atoms with van der Waals surface area (Å²) in [6.07, 6.45) is 3.77. The number of ether oxygens (including phenoxy) is 1. The minimum absolute atomic E-state index is 0.0283. The quantitative estimate of drug-likeness (QED) is 0.790. The van der Waals surface area contributed by atoms with Gasteiger partial charge in [0.05, 0.1) is 18.1 Å². The van der Waals surface area contributed by atoms with E-state index in [4.69, 9.17) is 4.74 Å². The molecule has 1 saturated heterocycles. The molecular weight excluding hydrogens is 348 g/mol. The first-order chi connectivity index (χ1) is 12.4. The third-order valence-corrected chi connectivity index (χ3v) is 7.65. The first kappa shape index (κ1) is 18.1. The Kier molecular flexibility index (Phi) is 4.92. The number of phenols is 1. The Bertz CT molecular complexity index is 688. The highest BCUT2D eigenvalue weighted by Gasteiger charge is 2.53. The first-order valence-electron chi connectivity index (χ1n) is 9.59. The molecule has 142 valence electrons. The zero-order chi connectivity index (χ0) is 18.3. The van der Waals surface area contributed by atoms with Gasteiger partial charge in [-0.25, -0.2) is 4.31 Å². The third-order valence-electron chi connectivity index (χ3n) is 6.50. The molecule has 2 N–H and O–H groups in total. The van der Waals surface area contributed by atoms with Gasteiger partial charge in [-0.3, -0.25) is 4.79 Å². The smallest absolute Gasteiger partial charge is 0.251 e. The fourth-order valence-corrected chi connectivity index (χ4v) is 5.84. The topological polar surface area (TPSA) is 61.8 Å². The van der Waals surface area contributed by atoms with Crippen LogP contribution in [0.3, 0.4) is 0 Å². The van der Waals surface area contributed by atoms with Crippen molar-refractivity contribution in [1.29, 1.82) is 0 Å². The van der Waals surface area contributed by atoms with Gasteiger partial charge < -0.3 is 15.2 Å². The zero-order valence-electron chi connectivity index (χ0n) is 15.5. The highest BCUT2D eigenvalue weighted by molar-refractivity contribution is 7.97. The number of phenolic OH excluding ortho intramolecular Hbond substituents is 1. The lowest BCUT2D eigenvalue weighted by Gasteiger charge is -2.38. The van der Waals surface area contributed by atoms with Crippen molar-refractivity contribution in [2.24, 2.45) is 17.3 Å². The van der Waals surface area contributed by atoms with Crippen LogP contribution in [0.5, 0.6) is 5.75 Å². The van der Waals surface area contributed by atoms with Crippen LogP contribution in [0.4, 0.5) is 0 Å². The number of morpholine rings is 1. The number of amides is 1. The fourth-order valence-electron chi connectivity index (χ4n) is 4.89. The van der Waals surface area contributed by atoms with Crippen molar-refractivity contribution < 1.29 is 14.6 Å². The number of hydrogen-bond donors (Lipinski definition) is 2. The van der Waals surface area contributed by atoms with Crippen LogP contribution in [0, 0.1) is 17.3 Å². The molecule has 0 aromatic heterocycles. The second kappa shape index (κ2) is 7.06. The summed E-state index contributed by atoms with van der Waals surface area (Å²) >= 11 is 1.50. The summed E-state index contributed by atoms with van der Waals surface area (Å²) in [5, 5.41) is 13.5. The fraction of sp³-hybridized carbons (Fsp3) is 0.650. The maximum atomic E-state index is 12.9. The Morgan fingerprint density at radius 1 is 1.31 bits per heavy atom. The zero-order valence-corrected chi connectivity index (χ0v) is 16.3. The lowest BCUT2D eigenvalue weighted by atomic mass is 9.73. The number of fused-ring (bicyclic) bond motifs is 2. The molecule has 3 unspecified atom stereocenters. The highest BCUT2D eigenvalue weighted by Crippen LogP contribution is 2.55. The second-order valence-electron chi connectivity index (χ2n) is 8.36. The first-order valence-corrected chi connectivity index (χ1v) is 10.4. The number of nitrogens with one attached hydrogen (secondary N) is 1. The van der Waals surface area contributed by atoms with Crippen LogP contribution in [-0.2, 0) is 4.74 Å². The Morgan fingerprint density at radius 2 is 2.08 bits per heavy atom. The lowest BCUT2D eigenvalue weighted by Crippen LogP contribution is -2.48. The molecule has 1 heterocycles. The lowest BCUT2D eigenvalue weighted by molar-refractivity contribution is 0.0772. The van der Waals surface area contributed by atoms with Gasteiger partial charge in [0, 0.05) is 24.7 Å². The summed E-state index contributed by atoms with van der Waals surface area (Å²) in [6.45, 7) is 7.62. The molecule has 4 rings (SSSR count). The molecule has 3 fully saturated rings. The summed E-state index contributed by atoms with van der Waals surface area (Å²) in [5.74, 6) is 1.53. The predicted molar refractivity (Wildman–Crippen MR) is 102 cm³/mol. The van der Waals surface area contributed by atoms with E-state index in [-0.39, 0.29) is 23.1 Å². The van der Waals surface area contributed by atoms with Gasteiger partial charge in [-0.2, -0.15) is 0 Å². The Labute approximate surface area is 159 Å². The molecule has 1 aromatic rings. The summed E-state index contributed by atoms with van der Waals surface area (Å²) in [4.78, 5) is 13.6. The van der Waals surface area contributed by atoms with E-state index in [1.807, 2.05) is 6.07 Å². The van der Waals surface area contributed by atoms with Crippen molar-refractivity contribution in [3.05, 3.63) is 23.8 Å². The van der Waals surface area contributed by atoms with Crippen LogP contribution in [0.15, 0.2) is 23.1 Å². The molecule has 0 spiro atoms. The molecule has 1 amide bonds. The highest BCUT2D eigenvalue weighted by atomic mass is 32.2. The van der Waals surface area contributed by atoms with Gasteiger partial charge in [-0.15, -0.1) is 0 Å². The molecule has 26 heavy (non-hydrogen) atoms. The predicted octanol–water partition coefficient (Wildman–Crippen LogP) is 3.29. The second-order valence-corrected chi connectivity index (χ2v) is 9.50. The average Bonchev–Trinajstić information content (AvgIpc) is 3.19. The summed E-state index contributed by atoms with van der Waals surface area (Å²) < 4.78 is 7.53. The molecule has 0 radical (unpaired) electrons. The van der Waals surface area contributed by atoms with Crippen LogP contribution < -0.4 is 5.32 Å². The Hall–Kier alpha value is -1.24. The van der Waals surface area contributed by atoms with Crippen LogP contribution in [0.2, 0.25) is 0 Å². The standard InChI is InChI=1S/C20H28N2O3S/c1-20(2)15-5-3-13(11-15)18(20)21-19(24)14-4-6-16(23)17(12-14)26-22-7-9-25-10-8-22/h4,6,12-13,15,18,23H,3,5,7-11H2,1-2H3,(H,21,24). The number of carbonyl (C=O) groups is 1. The number of hydrogen-bond acceptors (Lipinski definition) is 5. The van der Waals surface area contributed by atoms with Crippen LogP contribution >= 0.6 is 11.9 Å². The number of nitrogens with zero attached hydrogens (tertiary/aromatic N) is 1. The maximum Gasteiger partial charge on any atom is 0.251 e. The number of aromatic hydroxyl groups is 1. The van der Waals surface area contributed by atoms with Crippen LogP contribution in [0.1, 0.15) is 43.5 Å². The van der Waals surface area contributed by atoms with Gasteiger partial charge >= 0.3 is 0 Å². The van der Waals surface area contributed by atoms with Gasteiger partial charge in [0.1, 0.15) is 5.75 Å². The van der Waals surface area contributed by atoms with E-state index >= 15 is 0 Å². The van der Waals surface area contributed by atoms with E-state index in [9.17, 15) is 9.90 Å². The van der Waals surface area contributed by atoms with Gasteiger partial charge in [0.25, 0.3) is 5.91 Å². The van der Waals surface area contributed by atoms with E-state index in [2.05, 4.69) is 23.5 Å². The van der Waals surface area contributed by atoms with E-state index in [0.29, 0.717) is 24.7 Å². The minimum Gasteiger partial charge on any atom is -0.507 e. The van der Waals surface area contributed by atoms with E-state index in [1.165, 1.54) is 31.2 Å². The minimum atomic E-state index is -0.0283. The molecule has 1 aromatic carbocycles. The largest absolute Gasteiger partial charge is 0.507 e. The van der Waals surface area contributed by atoms with Gasteiger partial charge in [0.15, 0.2) is 0 Å². The summed E-state index contributed by atoms with van der Waals surface area (Å²) in [5.41, 5.74) is 0.790. The van der Waals surface area contributed by atoms with Gasteiger partial charge in [-0.1, -0.05) is 13.8 Å². The van der Waals surface area contributed by atoms with E-state index < -0.39 is 0 Å². The molecule has 2 aliphatic carbocycles. The average molecular weight is 377 g/mol. The third kappa shape index (κ3) is 3.35. The molecule has 5 nitrogen and oxygen atoms in total. The molecule has 2 saturated carbocycles. The van der Waals surface area contributed by atoms with Gasteiger partial charge in [0.2, 0.25) is 0 Å². The number of benzene rings is 1. The van der Waals surface area contributed by atoms with E-state index in [0.717, 1.165) is 23.9 Å². The maximum absolute atomic E-state index is 12.9. The summed E-state index contributed by atoms with van der Waals surface area (Å²) in [7, 11) is 0. The van der Waals surface area contributed by atoms with Crippen molar-refractivity contribution >= 4 is 17.9 Å². The van der Waals surface area contributed by atoms with Crippen LogP contribution in [-0.4, -0.2) is 47.7 Å². The molecule has 3 aliphatic rings. The number of carbonyl (C=O) groups excluding carboxylic acids is 1. The van der Waals surface area contributed by atoms with Crippen molar-refractivity contribution in [1.82, 2.24) is 9.62 Å². The van der Waals surface area contributed by atoms with Crippen molar-refractivity contribution in [2.45, 2.75) is 44.0 Å². The number of rotatable bonds is 4. The molecule has 6 heteroatoms. The van der Waals surface area contributed by atoms with Crippen molar-refractivity contribution in [2.75, 3.05) is 26.3 Å². The Morgan fingerprint density at radius 3 is 2.77 bits per heavy atom. The molecule has 1 aliphatic heterocycles. The monoisotopic (exact) mass is 376 g/mol. The van der Waals surface area contributed by atoms with Crippen molar-refractivity contribution in [3.8, 4) is 5.75 Å². The normalized spacial score (nSPS) is 30.5. The van der Waals surface area contributed by atoms with Crippen LogP contribution in [0.25, 0.3) is 0 Å². The molecule has 2 bridgehead atoms. The molecule has 3 atom stereocenters. The SMILES string of the molecule is CC1(C)C2CCC(C2)C1NC(=O)c1ccc(O)c(SN2CCOCC2)c1. The summed E-state index contributed by atoms with van der Waals surface area (Å²) in [6, 6.07) is 5.40. The van der Waals surface area contributed by atoms with E-state index in [1.54, 1.807) is 12.1 Å².